The summed E-state index contributed by atoms with van der Waals surface area (Å²) in [5.41, 5.74) is 17.6. The highest BCUT2D eigenvalue weighted by Crippen LogP contribution is 2.25. The van der Waals surface area contributed by atoms with Gasteiger partial charge in [0, 0.05) is 24.5 Å². The van der Waals surface area contributed by atoms with Crippen molar-refractivity contribution in [3.05, 3.63) is 23.3 Å². The minimum atomic E-state index is 0.875. The summed E-state index contributed by atoms with van der Waals surface area (Å²) in [7, 11) is 0. The number of hydrogen-bond donors (Lipinski definition) is 2. The number of nitrogens with two attached hydrogens (primary N) is 2. The normalized spacial score (nSPS) is 11.8. The van der Waals surface area contributed by atoms with Gasteiger partial charge in [-0.3, -0.25) is 9.80 Å². The second-order valence-corrected chi connectivity index (χ2v) is 13.9. The fourth-order valence-corrected chi connectivity index (χ4v) is 6.49. The molecule has 0 fully saturated rings. The molecule has 4 nitrogen and oxygen atoms in total. The molecule has 0 aliphatic rings. The average Bonchev–Trinajstić information content (AvgIpc) is 3.01. The van der Waals surface area contributed by atoms with Gasteiger partial charge in [-0.15, -0.1) is 0 Å². The molecule has 0 heterocycles. The summed E-state index contributed by atoms with van der Waals surface area (Å²) in [5.74, 6) is 0. The zero-order valence-corrected chi connectivity index (χ0v) is 30.4. The van der Waals surface area contributed by atoms with Crippen LogP contribution >= 0.6 is 0 Å². The highest BCUT2D eigenvalue weighted by atomic mass is 15.1. The maximum Gasteiger partial charge on any atom is 0.0380 e. The van der Waals surface area contributed by atoms with Gasteiger partial charge in [-0.05, 0) is 75.1 Å². The predicted octanol–water partition coefficient (Wildman–Crippen LogP) is 11.9. The van der Waals surface area contributed by atoms with Gasteiger partial charge in [0.05, 0.1) is 0 Å². The van der Waals surface area contributed by atoms with Gasteiger partial charge in [0.2, 0.25) is 0 Å². The van der Waals surface area contributed by atoms with E-state index in [0.29, 0.717) is 0 Å². The molecule has 0 spiro atoms. The van der Waals surface area contributed by atoms with E-state index >= 15 is 0 Å². The van der Waals surface area contributed by atoms with Crippen molar-refractivity contribution in [2.45, 2.75) is 195 Å². The maximum atomic E-state index is 6.64. The SMILES string of the molecule is CCCCCCCCN(CCCCCCCC)Cc1cc(CN(CCCCCCCC)CCCCCCCC)c(N)cc1N. The van der Waals surface area contributed by atoms with Crippen LogP contribution in [0.25, 0.3) is 0 Å². The first kappa shape index (κ1) is 40.8. The Morgan fingerprint density at radius 1 is 0.364 bits per heavy atom. The van der Waals surface area contributed by atoms with Gasteiger partial charge in [-0.25, -0.2) is 0 Å². The van der Waals surface area contributed by atoms with E-state index in [-0.39, 0.29) is 0 Å². The number of anilines is 2. The first-order chi connectivity index (χ1) is 21.5. The van der Waals surface area contributed by atoms with Crippen LogP contribution < -0.4 is 11.5 Å². The van der Waals surface area contributed by atoms with Crippen LogP contribution in [0.2, 0.25) is 0 Å². The smallest absolute Gasteiger partial charge is 0.0380 e. The predicted molar refractivity (Wildman–Crippen MR) is 199 cm³/mol. The summed E-state index contributed by atoms with van der Waals surface area (Å²) in [6.45, 7) is 15.9. The second kappa shape index (κ2) is 29.2. The van der Waals surface area contributed by atoms with Gasteiger partial charge in [0.15, 0.2) is 0 Å². The van der Waals surface area contributed by atoms with Gasteiger partial charge in [-0.1, -0.05) is 156 Å². The van der Waals surface area contributed by atoms with E-state index in [1.807, 2.05) is 0 Å². The number of nitrogen functional groups attached to an aromatic ring is 2. The lowest BCUT2D eigenvalue weighted by molar-refractivity contribution is 0.249. The van der Waals surface area contributed by atoms with Crippen molar-refractivity contribution in [3.63, 3.8) is 0 Å². The second-order valence-electron chi connectivity index (χ2n) is 13.9. The molecule has 0 saturated carbocycles. The average molecular weight is 615 g/mol. The standard InChI is InChI=1S/C40H78N4/c1-5-9-13-17-21-25-29-43(30-26-22-18-14-10-6-2)35-37-33-38(40(42)34-39(37)41)36-44(31-27-23-19-15-11-7-3)32-28-24-20-16-12-8-4/h33-34H,5-32,35-36,41-42H2,1-4H3. The third kappa shape index (κ3) is 21.5. The molecular formula is C40H78N4. The number of unbranched alkanes of at least 4 members (excludes halogenated alkanes) is 20. The zero-order valence-electron chi connectivity index (χ0n) is 30.4. The molecule has 1 rings (SSSR count). The third-order valence-corrected chi connectivity index (χ3v) is 9.50. The molecule has 0 bridgehead atoms. The van der Waals surface area contributed by atoms with Crippen molar-refractivity contribution in [2.24, 2.45) is 0 Å². The van der Waals surface area contributed by atoms with E-state index < -0.39 is 0 Å². The summed E-state index contributed by atoms with van der Waals surface area (Å²) in [4.78, 5) is 5.38. The number of benzene rings is 1. The molecule has 0 amide bonds. The van der Waals surface area contributed by atoms with Gasteiger partial charge in [0.25, 0.3) is 0 Å². The fraction of sp³-hybridized carbons (Fsp3) is 0.850. The van der Waals surface area contributed by atoms with Crippen molar-refractivity contribution >= 4 is 11.4 Å². The van der Waals surface area contributed by atoms with Crippen molar-refractivity contribution in [1.82, 2.24) is 9.80 Å². The van der Waals surface area contributed by atoms with Gasteiger partial charge in [-0.2, -0.15) is 0 Å². The van der Waals surface area contributed by atoms with Crippen LogP contribution in [0.15, 0.2) is 12.1 Å². The molecule has 258 valence electrons. The minimum absolute atomic E-state index is 0.875. The van der Waals surface area contributed by atoms with E-state index in [4.69, 9.17) is 11.5 Å². The minimum Gasteiger partial charge on any atom is -0.398 e. The fourth-order valence-electron chi connectivity index (χ4n) is 6.49. The number of nitrogens with zero attached hydrogens (tertiary/aromatic N) is 2. The van der Waals surface area contributed by atoms with Crippen LogP contribution in [0.1, 0.15) is 193 Å². The van der Waals surface area contributed by atoms with E-state index in [1.54, 1.807) is 0 Å². The molecule has 0 aliphatic heterocycles. The molecule has 44 heavy (non-hydrogen) atoms. The van der Waals surface area contributed by atoms with Crippen LogP contribution in [0.4, 0.5) is 11.4 Å². The van der Waals surface area contributed by atoms with Crippen LogP contribution in [-0.4, -0.2) is 36.0 Å². The molecular weight excluding hydrogens is 536 g/mol. The molecule has 4 N–H and O–H groups in total. The molecule has 0 saturated heterocycles. The largest absolute Gasteiger partial charge is 0.398 e. The molecule has 0 aliphatic carbocycles. The number of rotatable bonds is 32. The lowest BCUT2D eigenvalue weighted by atomic mass is 10.0. The van der Waals surface area contributed by atoms with Crippen molar-refractivity contribution in [2.75, 3.05) is 37.6 Å². The molecule has 1 aromatic carbocycles. The van der Waals surface area contributed by atoms with Crippen molar-refractivity contribution in [3.8, 4) is 0 Å². The molecule has 0 aromatic heterocycles. The van der Waals surface area contributed by atoms with E-state index in [1.165, 1.54) is 191 Å². The van der Waals surface area contributed by atoms with Crippen LogP contribution in [0, 0.1) is 0 Å². The quantitative estimate of drug-likeness (QED) is 0.0626. The lowest BCUT2D eigenvalue weighted by Gasteiger charge is -2.26. The van der Waals surface area contributed by atoms with Gasteiger partial charge < -0.3 is 11.5 Å². The first-order valence-corrected chi connectivity index (χ1v) is 19.7. The summed E-state index contributed by atoms with van der Waals surface area (Å²) in [6.07, 6.45) is 32.4. The summed E-state index contributed by atoms with van der Waals surface area (Å²) in [6, 6.07) is 4.43. The van der Waals surface area contributed by atoms with Crippen molar-refractivity contribution < 1.29 is 0 Å². The Labute approximate surface area is 276 Å². The molecule has 0 unspecified atom stereocenters. The van der Waals surface area contributed by atoms with E-state index in [0.717, 1.165) is 24.5 Å². The maximum absolute atomic E-state index is 6.64. The lowest BCUT2D eigenvalue weighted by Crippen LogP contribution is -2.28. The monoisotopic (exact) mass is 615 g/mol. The summed E-state index contributed by atoms with van der Waals surface area (Å²) in [5, 5.41) is 0. The Kier molecular flexibility index (Phi) is 27.0. The van der Waals surface area contributed by atoms with Gasteiger partial charge in [0.1, 0.15) is 0 Å². The summed E-state index contributed by atoms with van der Waals surface area (Å²) >= 11 is 0. The third-order valence-electron chi connectivity index (χ3n) is 9.50. The summed E-state index contributed by atoms with van der Waals surface area (Å²) < 4.78 is 0. The van der Waals surface area contributed by atoms with E-state index in [9.17, 15) is 0 Å². The number of hydrogen-bond acceptors (Lipinski definition) is 4. The molecule has 4 heteroatoms. The Morgan fingerprint density at radius 2 is 0.614 bits per heavy atom. The van der Waals surface area contributed by atoms with Crippen LogP contribution in [-0.2, 0) is 13.1 Å². The molecule has 0 atom stereocenters. The van der Waals surface area contributed by atoms with Gasteiger partial charge >= 0.3 is 0 Å². The Bertz CT molecular complexity index is 673. The first-order valence-electron chi connectivity index (χ1n) is 19.7. The Hall–Kier alpha value is -1.26. The van der Waals surface area contributed by atoms with Crippen molar-refractivity contribution in [1.29, 1.82) is 0 Å². The van der Waals surface area contributed by atoms with E-state index in [2.05, 4.69) is 49.6 Å². The van der Waals surface area contributed by atoms with Crippen LogP contribution in [0.5, 0.6) is 0 Å². The Balaban J connectivity index is 2.86. The molecule has 1 aromatic rings. The van der Waals surface area contributed by atoms with Crippen LogP contribution in [0.3, 0.4) is 0 Å². The highest BCUT2D eigenvalue weighted by Gasteiger charge is 2.14. The zero-order chi connectivity index (χ0) is 32.1. The topological polar surface area (TPSA) is 58.5 Å². The highest BCUT2D eigenvalue weighted by molar-refractivity contribution is 5.61. The molecule has 0 radical (unpaired) electrons. The Morgan fingerprint density at radius 3 is 0.886 bits per heavy atom.